The number of ether oxygens (including phenoxy) is 3. The van der Waals surface area contributed by atoms with Gasteiger partial charge in [0.2, 0.25) is 5.88 Å². The molecule has 2 N–H and O–H groups in total. The molecule has 1 aromatic carbocycles. The van der Waals surface area contributed by atoms with E-state index >= 15 is 0 Å². The predicted octanol–water partition coefficient (Wildman–Crippen LogP) is 2.71. The van der Waals surface area contributed by atoms with Gasteiger partial charge in [-0.05, 0) is 25.5 Å². The second-order valence-electron chi connectivity index (χ2n) is 6.57. The van der Waals surface area contributed by atoms with Crippen LogP contribution in [0.25, 0.3) is 0 Å². The van der Waals surface area contributed by atoms with Gasteiger partial charge in [0.1, 0.15) is 11.3 Å². The summed E-state index contributed by atoms with van der Waals surface area (Å²) in [5.41, 5.74) is 7.43. The summed E-state index contributed by atoms with van der Waals surface area (Å²) in [6, 6.07) is 8.74. The standard InChI is InChI=1S/C21H23ClN2O5/c1-4-28-21(26)18-16(13-7-5-6-8-14(13)22)17-15(29-19(18)23)11-12(2)24(20(17)25)9-10-27-3/h5-8,11,16H,4,9-10,23H2,1-3H3. The van der Waals surface area contributed by atoms with Gasteiger partial charge in [0, 0.05) is 30.4 Å². The maximum Gasteiger partial charge on any atom is 0.340 e. The van der Waals surface area contributed by atoms with Crippen molar-refractivity contribution in [3.8, 4) is 5.75 Å². The average molecular weight is 419 g/mol. The molecule has 1 aromatic heterocycles. The number of halogens is 1. The fraction of sp³-hybridized carbons (Fsp3) is 0.333. The lowest BCUT2D eigenvalue weighted by Crippen LogP contribution is -2.35. The maximum atomic E-state index is 13.4. The first-order chi connectivity index (χ1) is 13.9. The van der Waals surface area contributed by atoms with Gasteiger partial charge in [0.15, 0.2) is 0 Å². The zero-order chi connectivity index (χ0) is 21.1. The number of hydrogen-bond donors (Lipinski definition) is 1. The first-order valence-electron chi connectivity index (χ1n) is 9.23. The van der Waals surface area contributed by atoms with Crippen LogP contribution in [-0.4, -0.2) is 30.9 Å². The molecule has 0 fully saturated rings. The predicted molar refractivity (Wildman–Crippen MR) is 109 cm³/mol. The molecule has 29 heavy (non-hydrogen) atoms. The number of pyridine rings is 1. The topological polar surface area (TPSA) is 92.8 Å². The van der Waals surface area contributed by atoms with Crippen LogP contribution in [0.2, 0.25) is 5.02 Å². The van der Waals surface area contributed by atoms with Crippen molar-refractivity contribution < 1.29 is 19.0 Å². The minimum Gasteiger partial charge on any atom is -0.462 e. The fourth-order valence-corrected chi connectivity index (χ4v) is 3.72. The molecule has 8 heteroatoms. The highest BCUT2D eigenvalue weighted by Crippen LogP contribution is 2.43. The lowest BCUT2D eigenvalue weighted by molar-refractivity contribution is -0.139. The van der Waals surface area contributed by atoms with E-state index in [-0.39, 0.29) is 29.2 Å². The summed E-state index contributed by atoms with van der Waals surface area (Å²) in [7, 11) is 1.57. The maximum absolute atomic E-state index is 13.4. The third-order valence-corrected chi connectivity index (χ3v) is 5.14. The van der Waals surface area contributed by atoms with E-state index in [4.69, 9.17) is 31.5 Å². The van der Waals surface area contributed by atoms with E-state index < -0.39 is 11.9 Å². The third-order valence-electron chi connectivity index (χ3n) is 4.80. The Labute approximate surface area is 173 Å². The quantitative estimate of drug-likeness (QED) is 0.725. The van der Waals surface area contributed by atoms with E-state index in [0.717, 1.165) is 0 Å². The van der Waals surface area contributed by atoms with E-state index in [9.17, 15) is 9.59 Å². The largest absolute Gasteiger partial charge is 0.462 e. The summed E-state index contributed by atoms with van der Waals surface area (Å²) >= 11 is 6.44. The van der Waals surface area contributed by atoms with Crippen LogP contribution in [-0.2, 0) is 20.8 Å². The number of rotatable bonds is 6. The number of hydrogen-bond acceptors (Lipinski definition) is 6. The summed E-state index contributed by atoms with van der Waals surface area (Å²) < 4.78 is 17.6. The number of aromatic nitrogens is 1. The Balaban J connectivity index is 2.30. The first-order valence-corrected chi connectivity index (χ1v) is 9.60. The molecule has 1 aliphatic rings. The molecule has 154 valence electrons. The van der Waals surface area contributed by atoms with Crippen molar-refractivity contribution in [2.75, 3.05) is 20.3 Å². The monoisotopic (exact) mass is 418 g/mol. The van der Waals surface area contributed by atoms with Crippen LogP contribution in [0.1, 0.15) is 29.7 Å². The average Bonchev–Trinajstić information content (AvgIpc) is 2.67. The number of nitrogens with two attached hydrogens (primary N) is 1. The van der Waals surface area contributed by atoms with Crippen LogP contribution in [0.3, 0.4) is 0 Å². The lowest BCUT2D eigenvalue weighted by Gasteiger charge is -2.29. The molecular weight excluding hydrogens is 396 g/mol. The number of carbonyl (C=O) groups is 1. The molecule has 0 radical (unpaired) electrons. The van der Waals surface area contributed by atoms with E-state index in [2.05, 4.69) is 0 Å². The van der Waals surface area contributed by atoms with Gasteiger partial charge < -0.3 is 24.5 Å². The number of fused-ring (bicyclic) bond motifs is 1. The second kappa shape index (κ2) is 8.71. The highest BCUT2D eigenvalue weighted by molar-refractivity contribution is 6.31. The number of carbonyl (C=O) groups excluding carboxylic acids is 1. The summed E-state index contributed by atoms with van der Waals surface area (Å²) in [6.07, 6.45) is 0. The number of esters is 1. The highest BCUT2D eigenvalue weighted by atomic mass is 35.5. The molecule has 1 atom stereocenters. The summed E-state index contributed by atoms with van der Waals surface area (Å²) in [5.74, 6) is -1.26. The minimum atomic E-state index is -0.812. The van der Waals surface area contributed by atoms with Crippen molar-refractivity contribution in [2.45, 2.75) is 26.3 Å². The van der Waals surface area contributed by atoms with Crippen LogP contribution < -0.4 is 16.0 Å². The first kappa shape index (κ1) is 21.0. The van der Waals surface area contributed by atoms with Crippen LogP contribution in [0.4, 0.5) is 0 Å². The molecule has 0 spiro atoms. The smallest absolute Gasteiger partial charge is 0.340 e. The molecule has 0 amide bonds. The number of methoxy groups -OCH3 is 1. The van der Waals surface area contributed by atoms with Gasteiger partial charge in [0.05, 0.1) is 24.7 Å². The van der Waals surface area contributed by atoms with Gasteiger partial charge in [-0.15, -0.1) is 0 Å². The molecule has 1 unspecified atom stereocenters. The highest BCUT2D eigenvalue weighted by Gasteiger charge is 2.39. The van der Waals surface area contributed by atoms with Crippen LogP contribution in [0, 0.1) is 6.92 Å². The molecule has 2 aromatic rings. The van der Waals surface area contributed by atoms with Crippen LogP contribution >= 0.6 is 11.6 Å². The van der Waals surface area contributed by atoms with Crippen LogP contribution in [0.5, 0.6) is 5.75 Å². The van der Waals surface area contributed by atoms with Crippen molar-refractivity contribution in [3.63, 3.8) is 0 Å². The minimum absolute atomic E-state index is 0.0618. The second-order valence-corrected chi connectivity index (χ2v) is 6.98. The molecular formula is C21H23ClN2O5. The van der Waals surface area contributed by atoms with Gasteiger partial charge in [0.25, 0.3) is 5.56 Å². The van der Waals surface area contributed by atoms with Crippen molar-refractivity contribution in [2.24, 2.45) is 5.73 Å². The molecule has 0 saturated carbocycles. The van der Waals surface area contributed by atoms with Gasteiger partial charge in [-0.2, -0.15) is 0 Å². The number of aryl methyl sites for hydroxylation is 1. The van der Waals surface area contributed by atoms with Crippen molar-refractivity contribution in [1.29, 1.82) is 0 Å². The van der Waals surface area contributed by atoms with E-state index in [1.54, 1.807) is 55.9 Å². The van der Waals surface area contributed by atoms with E-state index in [1.807, 2.05) is 0 Å². The molecule has 0 aliphatic carbocycles. The lowest BCUT2D eigenvalue weighted by atomic mass is 9.83. The zero-order valence-electron chi connectivity index (χ0n) is 16.5. The molecule has 3 rings (SSSR count). The van der Waals surface area contributed by atoms with Gasteiger partial charge in [-0.25, -0.2) is 4.79 Å². The van der Waals surface area contributed by atoms with Crippen molar-refractivity contribution in [1.82, 2.24) is 4.57 Å². The van der Waals surface area contributed by atoms with E-state index in [0.29, 0.717) is 35.2 Å². The molecule has 0 bridgehead atoms. The molecule has 1 aliphatic heterocycles. The number of benzene rings is 1. The number of nitrogens with zero attached hydrogens (tertiary/aromatic N) is 1. The summed E-state index contributed by atoms with van der Waals surface area (Å²) in [4.78, 5) is 26.2. The molecule has 0 saturated heterocycles. The van der Waals surface area contributed by atoms with Crippen molar-refractivity contribution >= 4 is 17.6 Å². The van der Waals surface area contributed by atoms with Crippen LogP contribution in [0.15, 0.2) is 46.6 Å². The Bertz CT molecular complexity index is 1030. The Morgan fingerprint density at radius 3 is 2.72 bits per heavy atom. The van der Waals surface area contributed by atoms with Gasteiger partial charge in [-0.3, -0.25) is 4.79 Å². The Morgan fingerprint density at radius 2 is 2.07 bits per heavy atom. The summed E-state index contributed by atoms with van der Waals surface area (Å²) in [5, 5.41) is 0.406. The van der Waals surface area contributed by atoms with Gasteiger partial charge >= 0.3 is 5.97 Å². The van der Waals surface area contributed by atoms with Crippen molar-refractivity contribution in [3.05, 3.63) is 74.0 Å². The SMILES string of the molecule is CCOC(=O)C1=C(N)Oc2cc(C)n(CCOC)c(=O)c2C1c1ccccc1Cl. The Hall–Kier alpha value is -2.77. The third kappa shape index (κ3) is 3.88. The molecule has 2 heterocycles. The molecule has 7 nitrogen and oxygen atoms in total. The zero-order valence-corrected chi connectivity index (χ0v) is 17.3. The Kier molecular flexibility index (Phi) is 6.30. The van der Waals surface area contributed by atoms with E-state index in [1.165, 1.54) is 0 Å². The normalized spacial score (nSPS) is 15.7. The van der Waals surface area contributed by atoms with Gasteiger partial charge in [-0.1, -0.05) is 29.8 Å². The Morgan fingerprint density at radius 1 is 1.34 bits per heavy atom. The fourth-order valence-electron chi connectivity index (χ4n) is 3.47. The summed E-state index contributed by atoms with van der Waals surface area (Å²) in [6.45, 7) is 4.37.